The van der Waals surface area contributed by atoms with Crippen LogP contribution in [0, 0.1) is 5.92 Å². The number of hydrogen-bond donors (Lipinski definition) is 0. The van der Waals surface area contributed by atoms with Crippen molar-refractivity contribution in [2.24, 2.45) is 5.92 Å². The van der Waals surface area contributed by atoms with Crippen molar-refractivity contribution in [3.8, 4) is 0 Å². The normalized spacial score (nSPS) is 34.0. The summed E-state index contributed by atoms with van der Waals surface area (Å²) >= 11 is 0. The Morgan fingerprint density at radius 2 is 1.67 bits per heavy atom. The summed E-state index contributed by atoms with van der Waals surface area (Å²) in [5.41, 5.74) is 0. The lowest BCUT2D eigenvalue weighted by Crippen LogP contribution is -2.56. The zero-order valence-corrected chi connectivity index (χ0v) is 16.6. The van der Waals surface area contributed by atoms with Gasteiger partial charge in [0, 0.05) is 12.1 Å². The lowest BCUT2D eigenvalue weighted by Gasteiger charge is -2.44. The molecule has 21 heavy (non-hydrogen) atoms. The third kappa shape index (κ3) is 4.18. The van der Waals surface area contributed by atoms with Crippen LogP contribution in [0.3, 0.4) is 0 Å². The van der Waals surface area contributed by atoms with E-state index in [-0.39, 0.29) is 18.0 Å². The molecule has 0 spiro atoms. The molecule has 2 rings (SSSR count). The van der Waals surface area contributed by atoms with Gasteiger partial charge in [-0.05, 0) is 65.6 Å². The zero-order chi connectivity index (χ0) is 16.0. The molecule has 0 aromatic carbocycles. The Morgan fingerprint density at radius 3 is 2.19 bits per heavy atom. The van der Waals surface area contributed by atoms with Crippen LogP contribution in [0.4, 0.5) is 0 Å². The van der Waals surface area contributed by atoms with E-state index < -0.39 is 16.6 Å². The highest BCUT2D eigenvalue weighted by molar-refractivity contribution is 6.71. The fraction of sp³-hybridized carbons (Fsp3) is 0.933. The Morgan fingerprint density at radius 1 is 1.05 bits per heavy atom. The van der Waals surface area contributed by atoms with Crippen LogP contribution in [0.5, 0.6) is 0 Å². The molecule has 2 heterocycles. The molecule has 2 aliphatic rings. The average molecular weight is 330 g/mol. The highest BCUT2D eigenvalue weighted by Crippen LogP contribution is 2.41. The first-order valence-corrected chi connectivity index (χ1v) is 14.9. The highest BCUT2D eigenvalue weighted by atomic mass is 28.4. The maximum atomic E-state index is 12.8. The lowest BCUT2D eigenvalue weighted by atomic mass is 9.88. The van der Waals surface area contributed by atoms with E-state index in [0.29, 0.717) is 12.1 Å². The van der Waals surface area contributed by atoms with Crippen molar-refractivity contribution in [3.63, 3.8) is 0 Å². The Bertz CT molecular complexity index is 403. The molecule has 0 radical (unpaired) electrons. The fourth-order valence-electron chi connectivity index (χ4n) is 3.67. The molecule has 6 heteroatoms. The van der Waals surface area contributed by atoms with Crippen molar-refractivity contribution in [3.05, 3.63) is 0 Å². The molecule has 0 aromatic rings. The average Bonchev–Trinajstić information content (AvgIpc) is 2.51. The Balaban J connectivity index is 2.20. The van der Waals surface area contributed by atoms with Gasteiger partial charge in [0.1, 0.15) is 0 Å². The SMILES string of the molecule is CN1[C@H]2CC[C@@H]1[C@@H](C(=O)O[Si](C)(C)C)[C@@H](O[Si](C)(C)C)C2. The van der Waals surface area contributed by atoms with Gasteiger partial charge in [0.2, 0.25) is 8.32 Å². The molecule has 0 saturated carbocycles. The van der Waals surface area contributed by atoms with Crippen LogP contribution in [-0.4, -0.2) is 52.7 Å². The summed E-state index contributed by atoms with van der Waals surface area (Å²) in [4.78, 5) is 15.2. The van der Waals surface area contributed by atoms with Crippen LogP contribution in [-0.2, 0) is 13.6 Å². The monoisotopic (exact) mass is 329 g/mol. The van der Waals surface area contributed by atoms with Crippen LogP contribution >= 0.6 is 0 Å². The van der Waals surface area contributed by atoms with Crippen molar-refractivity contribution < 1.29 is 13.6 Å². The van der Waals surface area contributed by atoms with E-state index in [4.69, 9.17) is 8.85 Å². The predicted molar refractivity (Wildman–Crippen MR) is 90.3 cm³/mol. The molecule has 4 atom stereocenters. The van der Waals surface area contributed by atoms with Gasteiger partial charge in [-0.1, -0.05) is 0 Å². The second kappa shape index (κ2) is 5.79. The van der Waals surface area contributed by atoms with Gasteiger partial charge in [0.15, 0.2) is 8.32 Å². The van der Waals surface area contributed by atoms with Gasteiger partial charge in [-0.15, -0.1) is 0 Å². The number of fused-ring (bicyclic) bond motifs is 2. The fourth-order valence-corrected chi connectivity index (χ4v) is 5.57. The number of carbonyl (C=O) groups is 1. The van der Waals surface area contributed by atoms with E-state index in [9.17, 15) is 4.79 Å². The summed E-state index contributed by atoms with van der Waals surface area (Å²) in [7, 11) is -1.36. The summed E-state index contributed by atoms with van der Waals surface area (Å²) in [5, 5.41) is 0. The molecule has 4 nitrogen and oxygen atoms in total. The quantitative estimate of drug-likeness (QED) is 0.743. The van der Waals surface area contributed by atoms with Crippen molar-refractivity contribution in [2.75, 3.05) is 7.05 Å². The Hall–Kier alpha value is -0.176. The van der Waals surface area contributed by atoms with Crippen molar-refractivity contribution in [1.29, 1.82) is 0 Å². The molecule has 0 unspecified atom stereocenters. The summed E-state index contributed by atoms with van der Waals surface area (Å²) in [6.07, 6.45) is 3.30. The number of piperidine rings is 1. The summed E-state index contributed by atoms with van der Waals surface area (Å²) in [5.74, 6) is -0.123. The first kappa shape index (κ1) is 17.2. The number of nitrogens with zero attached hydrogens (tertiary/aromatic N) is 1. The van der Waals surface area contributed by atoms with E-state index >= 15 is 0 Å². The first-order chi connectivity index (χ1) is 9.48. The van der Waals surface area contributed by atoms with Crippen LogP contribution < -0.4 is 0 Å². The second-order valence-corrected chi connectivity index (χ2v) is 17.4. The van der Waals surface area contributed by atoms with Crippen LogP contribution in [0.25, 0.3) is 0 Å². The third-order valence-corrected chi connectivity index (χ3v) is 6.22. The molecule has 2 fully saturated rings. The molecule has 0 aromatic heterocycles. The lowest BCUT2D eigenvalue weighted by molar-refractivity contribution is -0.149. The molecule has 2 saturated heterocycles. The molecular formula is C15H31NO3Si2. The molecule has 122 valence electrons. The van der Waals surface area contributed by atoms with Gasteiger partial charge in [0.25, 0.3) is 5.97 Å². The summed E-state index contributed by atoms with van der Waals surface area (Å²) < 4.78 is 12.2. The van der Waals surface area contributed by atoms with Gasteiger partial charge >= 0.3 is 0 Å². The van der Waals surface area contributed by atoms with Crippen molar-refractivity contribution in [1.82, 2.24) is 4.90 Å². The second-order valence-electron chi connectivity index (χ2n) is 8.53. The van der Waals surface area contributed by atoms with Crippen LogP contribution in [0.15, 0.2) is 0 Å². The van der Waals surface area contributed by atoms with Crippen molar-refractivity contribution >= 4 is 22.6 Å². The minimum absolute atomic E-state index is 0.0189. The predicted octanol–water partition coefficient (Wildman–Crippen LogP) is 3.07. The number of hydrogen-bond acceptors (Lipinski definition) is 4. The molecule has 0 amide bonds. The minimum atomic E-state index is -1.86. The maximum Gasteiger partial charge on any atom is 0.299 e. The highest BCUT2D eigenvalue weighted by Gasteiger charge is 2.51. The van der Waals surface area contributed by atoms with E-state index in [2.05, 4.69) is 51.2 Å². The van der Waals surface area contributed by atoms with Crippen molar-refractivity contribution in [2.45, 2.75) is 76.7 Å². The van der Waals surface area contributed by atoms with E-state index in [1.807, 2.05) is 0 Å². The van der Waals surface area contributed by atoms with Gasteiger partial charge < -0.3 is 8.85 Å². The standard InChI is InChI=1S/C15H31NO3Si2/c1-16-11-8-9-12(16)14(15(17)19-21(5,6)7)13(10-11)18-20(2,3)4/h11-14H,8-10H2,1-7H3/t11-,12+,13-,14+/m0/s1. The number of carbonyl (C=O) groups excluding carboxylic acids is 1. The van der Waals surface area contributed by atoms with E-state index in [1.54, 1.807) is 0 Å². The largest absolute Gasteiger partial charge is 0.520 e. The zero-order valence-electron chi connectivity index (χ0n) is 14.6. The first-order valence-electron chi connectivity index (χ1n) is 8.10. The van der Waals surface area contributed by atoms with Gasteiger partial charge in [-0.3, -0.25) is 9.69 Å². The smallest absolute Gasteiger partial charge is 0.299 e. The van der Waals surface area contributed by atoms with E-state index in [0.717, 1.165) is 12.8 Å². The molecular weight excluding hydrogens is 298 g/mol. The Labute approximate surface area is 131 Å². The van der Waals surface area contributed by atoms with E-state index in [1.165, 1.54) is 6.42 Å². The Kier molecular flexibility index (Phi) is 4.74. The minimum Gasteiger partial charge on any atom is -0.520 e. The molecule has 0 aliphatic carbocycles. The summed E-state index contributed by atoms with van der Waals surface area (Å²) in [6.45, 7) is 12.8. The topological polar surface area (TPSA) is 38.8 Å². The van der Waals surface area contributed by atoms with Crippen LogP contribution in [0.1, 0.15) is 19.3 Å². The van der Waals surface area contributed by atoms with Gasteiger partial charge in [-0.2, -0.15) is 0 Å². The molecule has 2 bridgehead atoms. The van der Waals surface area contributed by atoms with Crippen LogP contribution in [0.2, 0.25) is 39.3 Å². The maximum absolute atomic E-state index is 12.8. The molecule has 2 aliphatic heterocycles. The summed E-state index contributed by atoms with van der Waals surface area (Å²) in [6, 6.07) is 0.876. The van der Waals surface area contributed by atoms with Gasteiger partial charge in [-0.25, -0.2) is 0 Å². The third-order valence-electron chi connectivity index (χ3n) is 4.40. The molecule has 0 N–H and O–H groups in total. The van der Waals surface area contributed by atoms with Gasteiger partial charge in [0.05, 0.1) is 12.0 Å². The number of rotatable bonds is 4.